The fraction of sp³-hybridized carbons (Fsp3) is 1.00. The molecule has 0 aliphatic carbocycles. The van der Waals surface area contributed by atoms with Crippen molar-refractivity contribution in [1.29, 1.82) is 0 Å². The van der Waals surface area contributed by atoms with E-state index in [2.05, 4.69) is 0 Å². The van der Waals surface area contributed by atoms with E-state index in [1.54, 1.807) is 14.2 Å². The highest BCUT2D eigenvalue weighted by Crippen LogP contribution is 2.54. The second-order valence-corrected chi connectivity index (χ2v) is 9.87. The molecule has 2 saturated heterocycles. The number of rotatable bonds is 8. The molecule has 136 valence electrons. The van der Waals surface area contributed by atoms with E-state index in [4.69, 9.17) is 23.5 Å². The van der Waals surface area contributed by atoms with Crippen molar-refractivity contribution in [2.24, 2.45) is 0 Å². The van der Waals surface area contributed by atoms with Crippen LogP contribution in [0.3, 0.4) is 0 Å². The van der Waals surface area contributed by atoms with Gasteiger partial charge < -0.3 is 28.4 Å². The molecule has 5 unspecified atom stereocenters. The minimum absolute atomic E-state index is 0.0398. The van der Waals surface area contributed by atoms with Crippen molar-refractivity contribution < 1.29 is 32.9 Å². The Morgan fingerprint density at radius 1 is 1.13 bits per heavy atom. The molecule has 2 heterocycles. The molecule has 0 radical (unpaired) electrons. The van der Waals surface area contributed by atoms with Gasteiger partial charge in [-0.15, -0.1) is 0 Å². The molecule has 2 aliphatic heterocycles. The fourth-order valence-electron chi connectivity index (χ4n) is 3.02. The molecule has 0 aromatic heterocycles. The Hall–Kier alpha value is 0.340. The molecular formula is C14H26O7PS-. The van der Waals surface area contributed by atoms with Crippen LogP contribution in [0.25, 0.3) is 0 Å². The summed E-state index contributed by atoms with van der Waals surface area (Å²) < 4.78 is 39.3. The van der Waals surface area contributed by atoms with Crippen LogP contribution in [0.1, 0.15) is 26.7 Å². The van der Waals surface area contributed by atoms with E-state index in [9.17, 15) is 9.46 Å². The van der Waals surface area contributed by atoms with Gasteiger partial charge >= 0.3 is 0 Å². The van der Waals surface area contributed by atoms with E-state index < -0.39 is 12.9 Å². The average Bonchev–Trinajstić information content (AvgIpc) is 2.99. The second-order valence-electron chi connectivity index (χ2n) is 6.06. The van der Waals surface area contributed by atoms with Crippen LogP contribution < -0.4 is 4.89 Å². The smallest absolute Gasteiger partial charge is 0.192 e. The summed E-state index contributed by atoms with van der Waals surface area (Å²) in [5.74, 6) is 0.293. The largest absolute Gasteiger partial charge is 0.770 e. The molecule has 7 nitrogen and oxygen atoms in total. The number of ether oxygens (including phenoxy) is 4. The van der Waals surface area contributed by atoms with Crippen LogP contribution in [0.2, 0.25) is 0 Å². The summed E-state index contributed by atoms with van der Waals surface area (Å²) in [5.41, 5.74) is 0. The summed E-state index contributed by atoms with van der Waals surface area (Å²) in [4.78, 5) is 12.3. The predicted molar refractivity (Wildman–Crippen MR) is 85.5 cm³/mol. The summed E-state index contributed by atoms with van der Waals surface area (Å²) in [6.07, 6.45) is 0.186. The van der Waals surface area contributed by atoms with E-state index >= 15 is 0 Å². The summed E-state index contributed by atoms with van der Waals surface area (Å²) >= 11 is 0.782. The minimum Gasteiger partial charge on any atom is -0.770 e. The topological polar surface area (TPSA) is 86.3 Å². The molecule has 7 atom stereocenters. The van der Waals surface area contributed by atoms with Crippen LogP contribution in [0.15, 0.2) is 0 Å². The molecule has 0 spiro atoms. The lowest BCUT2D eigenvalue weighted by atomic mass is 10.1. The number of hydrogen-bond acceptors (Lipinski definition) is 8. The van der Waals surface area contributed by atoms with E-state index in [0.717, 1.165) is 17.8 Å². The van der Waals surface area contributed by atoms with Gasteiger partial charge in [0.15, 0.2) is 6.80 Å². The molecule has 2 rings (SSSR count). The third-order valence-corrected chi connectivity index (χ3v) is 7.04. The van der Waals surface area contributed by atoms with Crippen molar-refractivity contribution in [2.75, 3.05) is 26.6 Å². The molecule has 0 bridgehead atoms. The van der Waals surface area contributed by atoms with Crippen LogP contribution in [-0.4, -0.2) is 63.2 Å². The Morgan fingerprint density at radius 2 is 1.74 bits per heavy atom. The standard InChI is InChI=1S/C14H27O7PS/c1-9-5-11(18-4)14(20-9)8-23-22(15,16)21-12-6-10(2)19-13(12)7-17-3/h9-14H,5-8H2,1-4H3,(H,15,16)/p-1/t9?,10?,11-,12-,13?,14?/m0/s1. The Labute approximate surface area is 141 Å². The van der Waals surface area contributed by atoms with Crippen molar-refractivity contribution in [1.82, 2.24) is 0 Å². The van der Waals surface area contributed by atoms with Crippen LogP contribution in [0.5, 0.6) is 0 Å². The van der Waals surface area contributed by atoms with E-state index in [-0.39, 0.29) is 30.5 Å². The zero-order valence-electron chi connectivity index (χ0n) is 14.0. The summed E-state index contributed by atoms with van der Waals surface area (Å²) in [6.45, 7) is 0.121. The lowest BCUT2D eigenvalue weighted by Gasteiger charge is -2.29. The van der Waals surface area contributed by atoms with Gasteiger partial charge in [0, 0.05) is 32.8 Å². The van der Waals surface area contributed by atoms with Gasteiger partial charge in [-0.05, 0) is 13.8 Å². The Kier molecular flexibility index (Phi) is 7.38. The van der Waals surface area contributed by atoms with Crippen molar-refractivity contribution >= 4 is 18.2 Å². The zero-order valence-corrected chi connectivity index (χ0v) is 15.7. The van der Waals surface area contributed by atoms with Gasteiger partial charge in [0.05, 0.1) is 37.1 Å². The van der Waals surface area contributed by atoms with Gasteiger partial charge in [-0.1, -0.05) is 11.4 Å². The van der Waals surface area contributed by atoms with Crippen molar-refractivity contribution in [2.45, 2.75) is 63.3 Å². The molecule has 0 aromatic rings. The van der Waals surface area contributed by atoms with E-state index in [0.29, 0.717) is 18.8 Å². The highest BCUT2D eigenvalue weighted by molar-refractivity contribution is 8.54. The predicted octanol–water partition coefficient (Wildman–Crippen LogP) is 1.59. The Morgan fingerprint density at radius 3 is 2.35 bits per heavy atom. The first-order chi connectivity index (χ1) is 10.8. The maximum atomic E-state index is 12.3. The average molecular weight is 369 g/mol. The molecule has 0 saturated carbocycles. The third kappa shape index (κ3) is 5.68. The molecule has 0 aromatic carbocycles. The van der Waals surface area contributed by atoms with Gasteiger partial charge in [0.25, 0.3) is 0 Å². The van der Waals surface area contributed by atoms with E-state index in [1.807, 2.05) is 13.8 Å². The van der Waals surface area contributed by atoms with Crippen LogP contribution in [-0.2, 0) is 28.0 Å². The highest BCUT2D eigenvalue weighted by atomic mass is 32.7. The second kappa shape index (κ2) is 8.63. The first-order valence-corrected chi connectivity index (χ1v) is 10.9. The normalized spacial score (nSPS) is 40.4. The molecule has 9 heteroatoms. The first-order valence-electron chi connectivity index (χ1n) is 7.81. The highest BCUT2D eigenvalue weighted by Gasteiger charge is 2.38. The number of methoxy groups -OCH3 is 2. The first kappa shape index (κ1) is 19.7. The van der Waals surface area contributed by atoms with Gasteiger partial charge in [-0.25, -0.2) is 0 Å². The summed E-state index contributed by atoms with van der Waals surface area (Å²) in [6, 6.07) is 0. The molecule has 23 heavy (non-hydrogen) atoms. The van der Waals surface area contributed by atoms with Crippen molar-refractivity contribution in [3.63, 3.8) is 0 Å². The quantitative estimate of drug-likeness (QED) is 0.596. The molecule has 0 amide bonds. The number of hydrogen-bond donors (Lipinski definition) is 0. The molecular weight excluding hydrogens is 343 g/mol. The maximum absolute atomic E-state index is 12.3. The third-order valence-electron chi connectivity index (χ3n) is 4.07. The maximum Gasteiger partial charge on any atom is 0.192 e. The monoisotopic (exact) mass is 369 g/mol. The zero-order chi connectivity index (χ0) is 17.0. The van der Waals surface area contributed by atoms with E-state index in [1.165, 1.54) is 0 Å². The molecule has 2 fully saturated rings. The van der Waals surface area contributed by atoms with Crippen LogP contribution >= 0.6 is 18.2 Å². The molecule has 0 N–H and O–H groups in total. The van der Waals surface area contributed by atoms with Gasteiger partial charge in [0.2, 0.25) is 0 Å². The summed E-state index contributed by atoms with van der Waals surface area (Å²) in [5, 5.41) is 0. The van der Waals surface area contributed by atoms with Crippen molar-refractivity contribution in [3.8, 4) is 0 Å². The van der Waals surface area contributed by atoms with Crippen LogP contribution in [0, 0.1) is 0 Å². The van der Waals surface area contributed by atoms with Crippen molar-refractivity contribution in [3.05, 3.63) is 0 Å². The van der Waals surface area contributed by atoms with Gasteiger partial charge in [-0.2, -0.15) is 0 Å². The summed E-state index contributed by atoms with van der Waals surface area (Å²) in [7, 11) is 3.17. The fourth-order valence-corrected chi connectivity index (χ4v) is 5.76. The lowest BCUT2D eigenvalue weighted by molar-refractivity contribution is -0.195. The minimum atomic E-state index is -4.04. The molecule has 2 aliphatic rings. The van der Waals surface area contributed by atoms with Crippen LogP contribution in [0.4, 0.5) is 0 Å². The van der Waals surface area contributed by atoms with Gasteiger partial charge in [0.1, 0.15) is 6.10 Å². The lowest BCUT2D eigenvalue weighted by Crippen LogP contribution is -2.30. The Bertz CT molecular complexity index is 424. The Balaban J connectivity index is 1.85. The van der Waals surface area contributed by atoms with Gasteiger partial charge in [-0.3, -0.25) is 4.57 Å². The SMILES string of the molecule is COCC1OC(C)C[C@@H]1OP(=O)([O-])SCC1OC(C)C[C@@H]1OC.